The summed E-state index contributed by atoms with van der Waals surface area (Å²) in [6.07, 6.45) is 0. The molecule has 1 atom stereocenters. The number of rotatable bonds is 1. The Labute approximate surface area is 137 Å². The number of allylic oxidation sites excluding steroid dienone is 1. The number of aromatic nitrogens is 1. The van der Waals surface area contributed by atoms with Crippen molar-refractivity contribution in [3.8, 4) is 11.8 Å². The van der Waals surface area contributed by atoms with Crippen LogP contribution in [0.2, 0.25) is 0 Å². The molecule has 1 aliphatic heterocycles. The monoisotopic (exact) mass is 319 g/mol. The fourth-order valence-corrected chi connectivity index (χ4v) is 3.92. The molecule has 0 bridgehead atoms. The van der Waals surface area contributed by atoms with E-state index in [2.05, 4.69) is 6.07 Å². The Hall–Kier alpha value is -2.84. The highest BCUT2D eigenvalue weighted by Crippen LogP contribution is 2.47. The summed E-state index contributed by atoms with van der Waals surface area (Å²) in [7, 11) is 0. The number of para-hydroxylation sites is 1. The summed E-state index contributed by atoms with van der Waals surface area (Å²) in [5.74, 6) is 0.665. The molecule has 1 aliphatic rings. The van der Waals surface area contributed by atoms with E-state index in [0.29, 0.717) is 11.3 Å². The van der Waals surface area contributed by atoms with Gasteiger partial charge in [-0.3, -0.25) is 4.98 Å². The van der Waals surface area contributed by atoms with Gasteiger partial charge in [0.25, 0.3) is 0 Å². The maximum Gasteiger partial charge on any atom is 0.205 e. The van der Waals surface area contributed by atoms with E-state index in [1.807, 2.05) is 48.7 Å². The van der Waals surface area contributed by atoms with E-state index in [1.54, 1.807) is 11.3 Å². The Kier molecular flexibility index (Phi) is 3.07. The number of thiophene rings is 1. The fourth-order valence-electron chi connectivity index (χ4n) is 3.07. The summed E-state index contributed by atoms with van der Waals surface area (Å²) in [4.78, 5) is 5.76. The van der Waals surface area contributed by atoms with Crippen molar-refractivity contribution >= 4 is 22.2 Å². The Morgan fingerprint density at radius 1 is 1.26 bits per heavy atom. The minimum atomic E-state index is -0.221. The molecule has 0 spiro atoms. The quantitative estimate of drug-likeness (QED) is 0.740. The van der Waals surface area contributed by atoms with Crippen LogP contribution in [0.15, 0.2) is 53.2 Å². The molecule has 0 aliphatic carbocycles. The van der Waals surface area contributed by atoms with Gasteiger partial charge in [0, 0.05) is 21.5 Å². The number of benzene rings is 1. The summed E-state index contributed by atoms with van der Waals surface area (Å²) < 4.78 is 5.86. The summed E-state index contributed by atoms with van der Waals surface area (Å²) in [5.41, 5.74) is 9.15. The minimum Gasteiger partial charge on any atom is -0.439 e. The maximum absolute atomic E-state index is 9.58. The molecule has 2 N–H and O–H groups in total. The topological polar surface area (TPSA) is 71.9 Å². The van der Waals surface area contributed by atoms with Crippen LogP contribution in [0.1, 0.15) is 22.1 Å². The number of nitrogens with two attached hydrogens (primary N) is 1. The first-order valence-electron chi connectivity index (χ1n) is 7.21. The van der Waals surface area contributed by atoms with Gasteiger partial charge in [0.1, 0.15) is 17.4 Å². The molecule has 0 saturated carbocycles. The largest absolute Gasteiger partial charge is 0.439 e. The van der Waals surface area contributed by atoms with Gasteiger partial charge in [-0.1, -0.05) is 18.2 Å². The van der Waals surface area contributed by atoms with Crippen molar-refractivity contribution in [3.63, 3.8) is 0 Å². The fraction of sp³-hybridized carbons (Fsp3) is 0.111. The van der Waals surface area contributed by atoms with Crippen molar-refractivity contribution < 1.29 is 4.74 Å². The van der Waals surface area contributed by atoms with Gasteiger partial charge in [0.2, 0.25) is 5.88 Å². The number of aryl methyl sites for hydroxylation is 1. The summed E-state index contributed by atoms with van der Waals surface area (Å²) in [6.45, 7) is 1.95. The summed E-state index contributed by atoms with van der Waals surface area (Å²) in [6, 6.07) is 14.0. The van der Waals surface area contributed by atoms with E-state index in [0.717, 1.165) is 27.0 Å². The first-order chi connectivity index (χ1) is 11.2. The van der Waals surface area contributed by atoms with Gasteiger partial charge >= 0.3 is 0 Å². The number of ether oxygens (including phenoxy) is 1. The van der Waals surface area contributed by atoms with Gasteiger partial charge in [-0.25, -0.2) is 0 Å². The van der Waals surface area contributed by atoms with Crippen molar-refractivity contribution in [2.24, 2.45) is 5.73 Å². The van der Waals surface area contributed by atoms with Gasteiger partial charge in [-0.2, -0.15) is 5.26 Å². The molecule has 1 aromatic carbocycles. The third-order valence-electron chi connectivity index (χ3n) is 4.07. The molecular formula is C18H13N3OS. The van der Waals surface area contributed by atoms with Gasteiger partial charge in [0.15, 0.2) is 0 Å². The standard InChI is InChI=1S/C18H13N3OS/c1-10-15-16(14-7-4-8-23-14)12(9-19)18(20)22-17(15)11-5-2-3-6-13(11)21-10/h2-8,16H,20H2,1H3. The van der Waals surface area contributed by atoms with Crippen LogP contribution in [0.3, 0.4) is 0 Å². The Balaban J connectivity index is 2.09. The molecular weight excluding hydrogens is 306 g/mol. The molecule has 0 amide bonds. The second-order valence-electron chi connectivity index (χ2n) is 5.40. The van der Waals surface area contributed by atoms with E-state index < -0.39 is 0 Å². The van der Waals surface area contributed by atoms with Crippen molar-refractivity contribution in [1.29, 1.82) is 5.26 Å². The van der Waals surface area contributed by atoms with Gasteiger partial charge in [0.05, 0.1) is 11.4 Å². The van der Waals surface area contributed by atoms with Crippen molar-refractivity contribution in [2.45, 2.75) is 12.8 Å². The molecule has 4 nitrogen and oxygen atoms in total. The van der Waals surface area contributed by atoms with Crippen LogP contribution in [-0.4, -0.2) is 4.98 Å². The van der Waals surface area contributed by atoms with Gasteiger partial charge < -0.3 is 10.5 Å². The molecule has 0 radical (unpaired) electrons. The highest BCUT2D eigenvalue weighted by molar-refractivity contribution is 7.10. The van der Waals surface area contributed by atoms with Crippen molar-refractivity contribution in [3.05, 3.63) is 69.4 Å². The third-order valence-corrected chi connectivity index (χ3v) is 5.01. The van der Waals surface area contributed by atoms with Crippen LogP contribution in [-0.2, 0) is 0 Å². The number of pyridine rings is 1. The molecule has 0 fully saturated rings. The lowest BCUT2D eigenvalue weighted by molar-refractivity contribution is 0.397. The third kappa shape index (κ3) is 2.00. The lowest BCUT2D eigenvalue weighted by atomic mass is 9.86. The van der Waals surface area contributed by atoms with E-state index in [1.165, 1.54) is 0 Å². The second kappa shape index (κ2) is 5.11. The molecule has 3 aromatic rings. The zero-order chi connectivity index (χ0) is 16.0. The van der Waals surface area contributed by atoms with Crippen LogP contribution >= 0.6 is 11.3 Å². The number of nitrogens with zero attached hydrogens (tertiary/aromatic N) is 2. The Bertz CT molecular complexity index is 983. The van der Waals surface area contributed by atoms with E-state index in [4.69, 9.17) is 15.5 Å². The molecule has 23 heavy (non-hydrogen) atoms. The van der Waals surface area contributed by atoms with Crippen LogP contribution in [0.25, 0.3) is 10.9 Å². The predicted molar refractivity (Wildman–Crippen MR) is 90.1 cm³/mol. The van der Waals surface area contributed by atoms with Crippen LogP contribution in [0, 0.1) is 18.3 Å². The Morgan fingerprint density at radius 3 is 2.83 bits per heavy atom. The molecule has 4 rings (SSSR count). The van der Waals surface area contributed by atoms with E-state index in [9.17, 15) is 5.26 Å². The molecule has 3 heterocycles. The van der Waals surface area contributed by atoms with Gasteiger partial charge in [-0.05, 0) is 30.5 Å². The smallest absolute Gasteiger partial charge is 0.205 e. The van der Waals surface area contributed by atoms with E-state index >= 15 is 0 Å². The summed E-state index contributed by atoms with van der Waals surface area (Å²) >= 11 is 1.60. The second-order valence-corrected chi connectivity index (χ2v) is 6.38. The first-order valence-corrected chi connectivity index (χ1v) is 8.09. The van der Waals surface area contributed by atoms with Crippen molar-refractivity contribution in [2.75, 3.05) is 0 Å². The maximum atomic E-state index is 9.58. The van der Waals surface area contributed by atoms with Gasteiger partial charge in [-0.15, -0.1) is 11.3 Å². The number of hydrogen-bond donors (Lipinski definition) is 1. The normalized spacial score (nSPS) is 16.8. The highest BCUT2D eigenvalue weighted by Gasteiger charge is 2.34. The lowest BCUT2D eigenvalue weighted by Crippen LogP contribution is -2.22. The molecule has 2 aromatic heterocycles. The number of fused-ring (bicyclic) bond motifs is 3. The molecule has 1 unspecified atom stereocenters. The lowest BCUT2D eigenvalue weighted by Gasteiger charge is -2.27. The zero-order valence-electron chi connectivity index (χ0n) is 12.4. The predicted octanol–water partition coefficient (Wildman–Crippen LogP) is 3.82. The number of nitriles is 1. The zero-order valence-corrected chi connectivity index (χ0v) is 13.2. The van der Waals surface area contributed by atoms with E-state index in [-0.39, 0.29) is 11.8 Å². The van der Waals surface area contributed by atoms with Crippen LogP contribution < -0.4 is 10.5 Å². The van der Waals surface area contributed by atoms with Crippen LogP contribution in [0.5, 0.6) is 5.75 Å². The first kappa shape index (κ1) is 13.8. The summed E-state index contributed by atoms with van der Waals surface area (Å²) in [5, 5.41) is 12.5. The number of hydrogen-bond acceptors (Lipinski definition) is 5. The molecule has 112 valence electrons. The Morgan fingerprint density at radius 2 is 2.09 bits per heavy atom. The van der Waals surface area contributed by atoms with Crippen molar-refractivity contribution in [1.82, 2.24) is 4.98 Å². The highest BCUT2D eigenvalue weighted by atomic mass is 32.1. The molecule has 5 heteroatoms. The molecule has 0 saturated heterocycles. The van der Waals surface area contributed by atoms with Crippen LogP contribution in [0.4, 0.5) is 0 Å². The average molecular weight is 319 g/mol. The minimum absolute atomic E-state index is 0.175. The SMILES string of the molecule is Cc1nc2ccccc2c2c1C(c1cccs1)C(C#N)=C(N)O2. The average Bonchev–Trinajstić information content (AvgIpc) is 3.08.